The molecule has 0 saturated carbocycles. The fraction of sp³-hybridized carbons (Fsp3) is 0.797. The lowest BCUT2D eigenvalue weighted by Gasteiger charge is -2.40. The van der Waals surface area contributed by atoms with Gasteiger partial charge >= 0.3 is 23.9 Å². The van der Waals surface area contributed by atoms with Gasteiger partial charge in [0, 0.05) is 19.3 Å². The van der Waals surface area contributed by atoms with Crippen LogP contribution >= 0.6 is 0 Å². The molecule has 1 rings (SSSR count). The van der Waals surface area contributed by atoms with Gasteiger partial charge in [0.25, 0.3) is 0 Å². The van der Waals surface area contributed by atoms with Crippen molar-refractivity contribution in [1.29, 1.82) is 0 Å². The van der Waals surface area contributed by atoms with Crippen LogP contribution in [0.3, 0.4) is 0 Å². The highest BCUT2D eigenvalue weighted by molar-refractivity contribution is 5.74. The average molecular weight is 1140 g/mol. The molecule has 12 heteroatoms. The van der Waals surface area contributed by atoms with Crippen LogP contribution in [0.1, 0.15) is 303 Å². The summed E-state index contributed by atoms with van der Waals surface area (Å²) in [5, 5.41) is 31.6. The molecular formula is C69H120O12. The number of carboxylic acids is 1. The summed E-state index contributed by atoms with van der Waals surface area (Å²) >= 11 is 0. The van der Waals surface area contributed by atoms with Crippen molar-refractivity contribution in [3.05, 3.63) is 60.8 Å². The zero-order chi connectivity index (χ0) is 58.9. The molecule has 0 amide bonds. The van der Waals surface area contributed by atoms with Gasteiger partial charge in [-0.25, -0.2) is 4.79 Å². The first-order valence-electron chi connectivity index (χ1n) is 33.3. The normalized spacial score (nSPS) is 18.1. The maximum atomic E-state index is 13.2. The lowest BCUT2D eigenvalue weighted by Crippen LogP contribution is -2.61. The Kier molecular flexibility index (Phi) is 53.0. The number of unbranched alkanes of at least 4 members (excludes halogenated alkanes) is 33. The van der Waals surface area contributed by atoms with Gasteiger partial charge in [0.1, 0.15) is 18.8 Å². The van der Waals surface area contributed by atoms with Gasteiger partial charge in [-0.3, -0.25) is 14.4 Å². The highest BCUT2D eigenvalue weighted by Crippen LogP contribution is 2.27. The number of aliphatic carboxylic acids is 1. The number of aliphatic hydroxyl groups excluding tert-OH is 2. The summed E-state index contributed by atoms with van der Waals surface area (Å²) in [6.45, 7) is 5.96. The van der Waals surface area contributed by atoms with E-state index in [1.54, 1.807) is 0 Å². The second-order valence-electron chi connectivity index (χ2n) is 22.7. The van der Waals surface area contributed by atoms with E-state index in [1.807, 2.05) is 0 Å². The summed E-state index contributed by atoms with van der Waals surface area (Å²) in [5.74, 6) is -3.13. The van der Waals surface area contributed by atoms with Gasteiger partial charge in [0.2, 0.25) is 0 Å². The Morgan fingerprint density at radius 2 is 0.741 bits per heavy atom. The molecule has 0 radical (unpaired) electrons. The molecule has 81 heavy (non-hydrogen) atoms. The number of hydrogen-bond donors (Lipinski definition) is 3. The van der Waals surface area contributed by atoms with E-state index in [-0.39, 0.29) is 25.9 Å². The molecule has 6 atom stereocenters. The molecule has 3 N–H and O–H groups in total. The lowest BCUT2D eigenvalue weighted by molar-refractivity contribution is -0.301. The minimum absolute atomic E-state index is 0.0542. The molecule has 0 spiro atoms. The van der Waals surface area contributed by atoms with Crippen LogP contribution in [0.4, 0.5) is 0 Å². The Morgan fingerprint density at radius 3 is 1.15 bits per heavy atom. The summed E-state index contributed by atoms with van der Waals surface area (Å²) < 4.78 is 28.5. The second-order valence-corrected chi connectivity index (χ2v) is 22.7. The van der Waals surface area contributed by atoms with E-state index in [2.05, 4.69) is 81.5 Å². The van der Waals surface area contributed by atoms with E-state index in [0.29, 0.717) is 19.3 Å². The number of carboxylic acid groups (broad SMARTS) is 1. The minimum atomic E-state index is -1.91. The van der Waals surface area contributed by atoms with Crippen LogP contribution in [0.2, 0.25) is 0 Å². The highest BCUT2D eigenvalue weighted by Gasteiger charge is 2.50. The van der Waals surface area contributed by atoms with E-state index in [4.69, 9.17) is 23.7 Å². The standard InChI is InChI=1S/C69H120O12/c1-4-7-10-13-16-19-22-25-28-30-31-33-36-39-42-45-48-51-54-57-63(72)80-67-65(74)64(73)66(68(75)76)81-69(67)78-59-60(79-62(71)56-53-50-47-44-41-38-34-27-24-21-18-15-12-9-6-3)58-77-61(70)55-52-49-46-43-40-37-35-32-29-26-23-20-17-14-11-8-5-2/h16-17,19-20,25-29,34,60,64-67,69,73-74H,4-15,18,21-24,30-33,35-59H2,1-3H3,(H,75,76)/b19-16-,20-17-,28-25-,29-26-,34-27-. The van der Waals surface area contributed by atoms with Gasteiger partial charge < -0.3 is 39.0 Å². The first-order valence-corrected chi connectivity index (χ1v) is 33.3. The summed E-state index contributed by atoms with van der Waals surface area (Å²) in [6, 6.07) is 0. The molecule has 1 aliphatic rings. The fourth-order valence-electron chi connectivity index (χ4n) is 9.89. The van der Waals surface area contributed by atoms with Crippen LogP contribution in [-0.2, 0) is 42.9 Å². The number of ether oxygens (including phenoxy) is 5. The summed E-state index contributed by atoms with van der Waals surface area (Å²) in [4.78, 5) is 51.4. The second kappa shape index (κ2) is 56.9. The SMILES string of the molecule is CCCCC/C=C\C/C=C\CCCCCCCCCCCC(=O)OC1C(OCC(COC(=O)CCCCCCCCC/C=C\C/C=C\CCCCC)OC(=O)CCCCCCC/C=C\CCCCCCCC)OC(C(=O)O)C(O)C1O. The zero-order valence-electron chi connectivity index (χ0n) is 51.8. The van der Waals surface area contributed by atoms with Crippen molar-refractivity contribution >= 4 is 23.9 Å². The minimum Gasteiger partial charge on any atom is -0.479 e. The number of rotatable bonds is 57. The van der Waals surface area contributed by atoms with Crippen molar-refractivity contribution in [3.63, 3.8) is 0 Å². The molecule has 0 aromatic rings. The first-order chi connectivity index (χ1) is 39.6. The van der Waals surface area contributed by atoms with Crippen LogP contribution in [0.15, 0.2) is 60.8 Å². The number of carbonyl (C=O) groups is 4. The Bertz CT molecular complexity index is 1640. The van der Waals surface area contributed by atoms with Crippen molar-refractivity contribution in [2.45, 2.75) is 340 Å². The zero-order valence-corrected chi connectivity index (χ0v) is 51.8. The largest absolute Gasteiger partial charge is 0.479 e. The van der Waals surface area contributed by atoms with Gasteiger partial charge in [0.15, 0.2) is 24.6 Å². The molecule has 1 heterocycles. The molecule has 12 nitrogen and oxygen atoms in total. The maximum absolute atomic E-state index is 13.2. The predicted octanol–water partition coefficient (Wildman–Crippen LogP) is 17.9. The van der Waals surface area contributed by atoms with Crippen molar-refractivity contribution in [2.24, 2.45) is 0 Å². The van der Waals surface area contributed by atoms with E-state index in [1.165, 1.54) is 128 Å². The van der Waals surface area contributed by atoms with Gasteiger partial charge in [-0.2, -0.15) is 0 Å². The molecule has 1 saturated heterocycles. The van der Waals surface area contributed by atoms with Crippen molar-refractivity contribution in [1.82, 2.24) is 0 Å². The molecular weight excluding hydrogens is 1020 g/mol. The number of esters is 3. The Morgan fingerprint density at radius 1 is 0.407 bits per heavy atom. The van der Waals surface area contributed by atoms with Crippen LogP contribution in [0.5, 0.6) is 0 Å². The first kappa shape index (κ1) is 75.4. The molecule has 0 aromatic heterocycles. The van der Waals surface area contributed by atoms with Crippen LogP contribution in [0, 0.1) is 0 Å². The van der Waals surface area contributed by atoms with Gasteiger partial charge in [0.05, 0.1) is 6.61 Å². The van der Waals surface area contributed by atoms with Crippen molar-refractivity contribution < 1.29 is 58.2 Å². The van der Waals surface area contributed by atoms with Crippen LogP contribution in [-0.4, -0.2) is 89.2 Å². The van der Waals surface area contributed by atoms with Gasteiger partial charge in [-0.15, -0.1) is 0 Å². The van der Waals surface area contributed by atoms with E-state index in [9.17, 15) is 34.5 Å². The number of aliphatic hydroxyl groups is 2. The topological polar surface area (TPSA) is 175 Å². The molecule has 0 aliphatic carbocycles. The smallest absolute Gasteiger partial charge is 0.335 e. The average Bonchev–Trinajstić information content (AvgIpc) is 3.54. The third-order valence-corrected chi connectivity index (χ3v) is 15.0. The maximum Gasteiger partial charge on any atom is 0.335 e. The lowest BCUT2D eigenvalue weighted by atomic mass is 9.98. The molecule has 6 unspecified atom stereocenters. The highest BCUT2D eigenvalue weighted by atomic mass is 16.7. The number of carbonyl (C=O) groups excluding carboxylic acids is 3. The summed E-state index contributed by atoms with van der Waals surface area (Å²) in [5.41, 5.74) is 0. The van der Waals surface area contributed by atoms with Crippen LogP contribution < -0.4 is 0 Å². The fourth-order valence-corrected chi connectivity index (χ4v) is 9.89. The van der Waals surface area contributed by atoms with E-state index < -0.39 is 67.3 Å². The molecule has 468 valence electrons. The monoisotopic (exact) mass is 1140 g/mol. The molecule has 0 bridgehead atoms. The Labute approximate surface area is 494 Å². The molecule has 1 aliphatic heterocycles. The van der Waals surface area contributed by atoms with E-state index >= 15 is 0 Å². The number of hydrogen-bond acceptors (Lipinski definition) is 11. The summed E-state index contributed by atoms with van der Waals surface area (Å²) in [6.07, 6.45) is 58.8. The molecule has 1 fully saturated rings. The van der Waals surface area contributed by atoms with Crippen molar-refractivity contribution in [3.8, 4) is 0 Å². The number of allylic oxidation sites excluding steroid dienone is 10. The Hall–Kier alpha value is -3.58. The van der Waals surface area contributed by atoms with Crippen molar-refractivity contribution in [2.75, 3.05) is 13.2 Å². The van der Waals surface area contributed by atoms with E-state index in [0.717, 1.165) is 116 Å². The quantitative estimate of drug-likeness (QED) is 0.0228. The van der Waals surface area contributed by atoms with Gasteiger partial charge in [-0.1, -0.05) is 236 Å². The third-order valence-electron chi connectivity index (χ3n) is 15.0. The summed E-state index contributed by atoms with van der Waals surface area (Å²) in [7, 11) is 0. The van der Waals surface area contributed by atoms with Crippen LogP contribution in [0.25, 0.3) is 0 Å². The van der Waals surface area contributed by atoms with Gasteiger partial charge in [-0.05, 0) is 109 Å². The molecule has 0 aromatic carbocycles. The predicted molar refractivity (Wildman–Crippen MR) is 331 cm³/mol. The Balaban J connectivity index is 2.65. The third kappa shape index (κ3) is 46.5.